The Morgan fingerprint density at radius 3 is 1.80 bits per heavy atom. The van der Waals surface area contributed by atoms with Gasteiger partial charge >= 0.3 is 0 Å². The second kappa shape index (κ2) is 13.5. The molecule has 246 valence electrons. The van der Waals surface area contributed by atoms with Gasteiger partial charge in [0.1, 0.15) is 0 Å². The molecule has 6 aromatic rings. The summed E-state index contributed by atoms with van der Waals surface area (Å²) in [6.07, 6.45) is 8.08. The van der Waals surface area contributed by atoms with Crippen LogP contribution in [-0.2, 0) is 5.41 Å². The molecular weight excluding hydrogens is 609 g/mol. The van der Waals surface area contributed by atoms with Crippen LogP contribution in [0.5, 0.6) is 0 Å². The maximum atomic E-state index is 9.37. The summed E-state index contributed by atoms with van der Waals surface area (Å²) in [4.78, 5) is 15.0. The van der Waals surface area contributed by atoms with Crippen LogP contribution >= 0.6 is 0 Å². The Bertz CT molecular complexity index is 2160. The van der Waals surface area contributed by atoms with Crippen molar-refractivity contribution in [3.8, 4) is 62.5 Å². The largest absolute Gasteiger partial charge is 0.208 e. The molecule has 2 saturated carbocycles. The fourth-order valence-corrected chi connectivity index (χ4v) is 9.08. The van der Waals surface area contributed by atoms with Gasteiger partial charge in [0, 0.05) is 16.7 Å². The van der Waals surface area contributed by atoms with Crippen LogP contribution in [0.15, 0.2) is 127 Å². The van der Waals surface area contributed by atoms with Crippen LogP contribution in [0.25, 0.3) is 56.4 Å². The lowest BCUT2D eigenvalue weighted by molar-refractivity contribution is 0.0702. The Morgan fingerprint density at radius 1 is 0.580 bits per heavy atom. The van der Waals surface area contributed by atoms with Crippen LogP contribution < -0.4 is 0 Å². The van der Waals surface area contributed by atoms with Gasteiger partial charge in [-0.1, -0.05) is 123 Å². The van der Waals surface area contributed by atoms with Crippen molar-refractivity contribution >= 4 is 0 Å². The van der Waals surface area contributed by atoms with Gasteiger partial charge < -0.3 is 0 Å². The molecule has 1 aromatic heterocycles. The highest BCUT2D eigenvalue weighted by Crippen LogP contribution is 2.55. The van der Waals surface area contributed by atoms with Crippen molar-refractivity contribution in [3.63, 3.8) is 0 Å². The van der Waals surface area contributed by atoms with Gasteiger partial charge in [0.15, 0.2) is 17.5 Å². The van der Waals surface area contributed by atoms with E-state index in [4.69, 9.17) is 15.0 Å². The lowest BCUT2D eigenvalue weighted by Crippen LogP contribution is -2.42. The predicted molar refractivity (Wildman–Crippen MR) is 203 cm³/mol. The van der Waals surface area contributed by atoms with Crippen LogP contribution in [-0.4, -0.2) is 15.0 Å². The van der Waals surface area contributed by atoms with Crippen LogP contribution in [0.1, 0.15) is 63.5 Å². The highest BCUT2D eigenvalue weighted by molar-refractivity contribution is 5.90. The summed E-state index contributed by atoms with van der Waals surface area (Å²) in [5.74, 6) is 4.29. The zero-order valence-corrected chi connectivity index (χ0v) is 28.9. The summed E-state index contributed by atoms with van der Waals surface area (Å²) < 4.78 is 0. The number of hydrogen-bond donors (Lipinski definition) is 0. The van der Waals surface area contributed by atoms with Crippen LogP contribution in [0, 0.1) is 29.1 Å². The van der Waals surface area contributed by atoms with E-state index in [9.17, 15) is 5.26 Å². The molecule has 8 rings (SSSR count). The van der Waals surface area contributed by atoms with Crippen molar-refractivity contribution in [2.45, 2.75) is 57.8 Å². The molecule has 1 heterocycles. The Labute approximate surface area is 296 Å². The summed E-state index contributed by atoms with van der Waals surface area (Å²) in [6, 6.07) is 46.4. The van der Waals surface area contributed by atoms with Gasteiger partial charge in [0.05, 0.1) is 11.6 Å². The van der Waals surface area contributed by atoms with Crippen molar-refractivity contribution in [3.05, 3.63) is 139 Å². The highest BCUT2D eigenvalue weighted by Gasteiger charge is 2.45. The topological polar surface area (TPSA) is 62.5 Å². The van der Waals surface area contributed by atoms with Gasteiger partial charge in [-0.2, -0.15) is 5.26 Å². The maximum Gasteiger partial charge on any atom is 0.164 e. The molecule has 2 aliphatic carbocycles. The minimum atomic E-state index is 0.313. The number of fused-ring (bicyclic) bond motifs is 2. The van der Waals surface area contributed by atoms with E-state index < -0.39 is 0 Å². The van der Waals surface area contributed by atoms with Crippen molar-refractivity contribution in [2.24, 2.45) is 17.8 Å². The summed E-state index contributed by atoms with van der Waals surface area (Å²) in [5, 5.41) is 9.37. The first-order chi connectivity index (χ1) is 24.5. The lowest BCUT2D eigenvalue weighted by atomic mass is 9.54. The average molecular weight is 651 g/mol. The first kappa shape index (κ1) is 31.8. The van der Waals surface area contributed by atoms with Crippen molar-refractivity contribution < 1.29 is 0 Å². The Balaban J connectivity index is 1.20. The van der Waals surface area contributed by atoms with E-state index in [2.05, 4.69) is 92.7 Å². The molecule has 2 bridgehead atoms. The Kier molecular flexibility index (Phi) is 8.59. The summed E-state index contributed by atoms with van der Waals surface area (Å²) in [6.45, 7) is 4.85. The predicted octanol–water partition coefficient (Wildman–Crippen LogP) is 11.6. The second-order valence-electron chi connectivity index (χ2n) is 14.6. The number of hydrogen-bond acceptors (Lipinski definition) is 4. The molecular formula is C46H42N4. The van der Waals surface area contributed by atoms with Gasteiger partial charge in [0.2, 0.25) is 0 Å². The zero-order chi connectivity index (χ0) is 34.1. The number of benzene rings is 5. The minimum absolute atomic E-state index is 0.313. The monoisotopic (exact) mass is 650 g/mol. The summed E-state index contributed by atoms with van der Waals surface area (Å²) >= 11 is 0. The van der Waals surface area contributed by atoms with E-state index in [0.717, 1.165) is 45.6 Å². The third kappa shape index (κ3) is 6.14. The summed E-state index contributed by atoms with van der Waals surface area (Å²) in [5.41, 5.74) is 9.78. The smallest absolute Gasteiger partial charge is 0.164 e. The molecule has 2 fully saturated rings. The highest BCUT2D eigenvalue weighted by atomic mass is 15.0. The lowest BCUT2D eigenvalue weighted by Gasteiger charge is -2.51. The fourth-order valence-electron chi connectivity index (χ4n) is 9.08. The van der Waals surface area contributed by atoms with E-state index in [0.29, 0.717) is 28.5 Å². The average Bonchev–Trinajstić information content (AvgIpc) is 3.17. The van der Waals surface area contributed by atoms with E-state index >= 15 is 0 Å². The maximum absolute atomic E-state index is 9.37. The molecule has 0 N–H and O–H groups in total. The van der Waals surface area contributed by atoms with Gasteiger partial charge in [-0.3, -0.25) is 0 Å². The molecule has 0 aliphatic heterocycles. The molecule has 1 unspecified atom stereocenters. The molecule has 5 aromatic carbocycles. The Morgan fingerprint density at radius 2 is 1.14 bits per heavy atom. The van der Waals surface area contributed by atoms with Gasteiger partial charge in [-0.25, -0.2) is 15.0 Å². The van der Waals surface area contributed by atoms with Crippen LogP contribution in [0.4, 0.5) is 0 Å². The molecule has 2 aliphatic rings. The molecule has 0 radical (unpaired) electrons. The molecule has 4 heteroatoms. The third-order valence-corrected chi connectivity index (χ3v) is 11.2. The molecule has 0 amide bonds. The fraction of sp³-hybridized carbons (Fsp3) is 0.261. The van der Waals surface area contributed by atoms with Crippen LogP contribution in [0.3, 0.4) is 0 Å². The van der Waals surface area contributed by atoms with E-state index in [1.54, 1.807) is 12.1 Å². The quantitative estimate of drug-likeness (QED) is 0.172. The van der Waals surface area contributed by atoms with Gasteiger partial charge in [-0.05, 0) is 107 Å². The zero-order valence-electron chi connectivity index (χ0n) is 28.9. The SMILES string of the molecule is CC[C@@H]1C[C@@H]2C[C@H](C)CC(c3ccc(-c4ccccc4-c4ccccc4-c4nc(-c5ccccc5)nc(-c5ccc(C#N)cc5)n4)cc3)(C1)C2. The third-order valence-electron chi connectivity index (χ3n) is 11.2. The summed E-state index contributed by atoms with van der Waals surface area (Å²) in [7, 11) is 0. The van der Waals surface area contributed by atoms with E-state index in [-0.39, 0.29) is 0 Å². The molecule has 50 heavy (non-hydrogen) atoms. The second-order valence-corrected chi connectivity index (χ2v) is 14.6. The van der Waals surface area contributed by atoms with E-state index in [1.165, 1.54) is 55.2 Å². The number of nitriles is 1. The van der Waals surface area contributed by atoms with Crippen LogP contribution in [0.2, 0.25) is 0 Å². The number of aromatic nitrogens is 3. The normalized spacial score (nSPS) is 21.3. The van der Waals surface area contributed by atoms with Crippen molar-refractivity contribution in [2.75, 3.05) is 0 Å². The van der Waals surface area contributed by atoms with Gasteiger partial charge in [0.25, 0.3) is 0 Å². The molecule has 0 spiro atoms. The van der Waals surface area contributed by atoms with E-state index in [1.807, 2.05) is 42.5 Å². The van der Waals surface area contributed by atoms with Crippen molar-refractivity contribution in [1.82, 2.24) is 15.0 Å². The number of nitrogens with zero attached hydrogens (tertiary/aromatic N) is 4. The molecule has 0 saturated heterocycles. The first-order valence-electron chi connectivity index (χ1n) is 18.1. The van der Waals surface area contributed by atoms with Crippen molar-refractivity contribution in [1.29, 1.82) is 5.26 Å². The van der Waals surface area contributed by atoms with Gasteiger partial charge in [-0.15, -0.1) is 0 Å². The Hall–Kier alpha value is -5.40. The number of rotatable bonds is 7. The first-order valence-corrected chi connectivity index (χ1v) is 18.1. The molecule has 4 nitrogen and oxygen atoms in total. The minimum Gasteiger partial charge on any atom is -0.208 e. The molecule has 4 atom stereocenters. The standard InChI is InChI=1S/C46H42N4/c1-3-32-26-34-25-31(2)27-46(28-32,29-34)38-23-21-35(22-24-38)39-13-7-8-14-40(39)41-15-9-10-16-42(41)45-49-43(36-11-5-4-6-12-36)48-44(50-45)37-19-17-33(30-47)18-20-37/h4-24,31-32,34H,3,25-29H2,1-2H3/t31-,32+,34-,46?/m0/s1.